The van der Waals surface area contributed by atoms with Crippen LogP contribution in [0.4, 0.5) is 0 Å². The van der Waals surface area contributed by atoms with Gasteiger partial charge in [0.05, 0.1) is 0 Å². The molecule has 0 aliphatic heterocycles. The van der Waals surface area contributed by atoms with Crippen molar-refractivity contribution in [3.63, 3.8) is 0 Å². The first-order chi connectivity index (χ1) is 31.7. The Bertz CT molecular complexity index is 1580. The molecule has 0 spiro atoms. The van der Waals surface area contributed by atoms with Gasteiger partial charge in [0, 0.05) is 0 Å². The second-order valence-electron chi connectivity index (χ2n) is 20.8. The predicted octanol–water partition coefficient (Wildman–Crippen LogP) is 8.69. The van der Waals surface area contributed by atoms with Crippen LogP contribution in [0.15, 0.2) is 78.4 Å². The summed E-state index contributed by atoms with van der Waals surface area (Å²) in [6.45, 7) is 19.1. The molecule has 0 saturated carbocycles. The first-order valence-electron chi connectivity index (χ1n) is 28.3. The third-order valence-corrected chi connectivity index (χ3v) is 22.8. The summed E-state index contributed by atoms with van der Waals surface area (Å²) in [5.74, 6) is 0.518. The zero-order valence-corrected chi connectivity index (χ0v) is 49.9. The Labute approximate surface area is 453 Å². The van der Waals surface area contributed by atoms with Gasteiger partial charge in [-0.3, -0.25) is 0 Å². The number of allylic oxidation sites excluding steroid dienone is 4. The summed E-state index contributed by atoms with van der Waals surface area (Å²) >= 11 is 2.75. The van der Waals surface area contributed by atoms with Crippen LogP contribution in [0.3, 0.4) is 0 Å². The Morgan fingerprint density at radius 3 is 0.853 bits per heavy atom. The second kappa shape index (κ2) is 36.8. The van der Waals surface area contributed by atoms with Crippen LogP contribution in [0.25, 0.3) is 0 Å². The molecule has 3 aromatic carbocycles. The third kappa shape index (κ3) is 19.4. The van der Waals surface area contributed by atoms with Crippen molar-refractivity contribution in [1.82, 2.24) is 0 Å². The topological polar surface area (TPSA) is 0 Å². The van der Waals surface area contributed by atoms with Crippen LogP contribution in [0.2, 0.25) is 3.34 Å². The van der Waals surface area contributed by atoms with Gasteiger partial charge in [0.25, 0.3) is 0 Å². The van der Waals surface area contributed by atoms with Gasteiger partial charge in [0.15, 0.2) is 0 Å². The standard InChI is InChI=1S/C63H99Si.3ClH.Ti/c1-9-16-22-28-35-53-43-54(36-29-23-17-10-2)47-59(46-53)64(63-42-34-41-62(63)52(8)15-7,60-48-55(37-30-24-18-11-3)44-56(49-60)38-31-25-19-12-4)61-50-57(39-32-26-20-13-5)45-58(51-61)40-33-27-21-14-6;;;;/h34,41-52H,9-33,35-40H2,1-8H3;3*1H;/q;;;;+3/p-3. The van der Waals surface area contributed by atoms with E-state index in [0.29, 0.717) is 5.92 Å². The van der Waals surface area contributed by atoms with Crippen molar-refractivity contribution in [2.75, 3.05) is 0 Å². The van der Waals surface area contributed by atoms with Gasteiger partial charge in [-0.25, -0.2) is 0 Å². The van der Waals surface area contributed by atoms with E-state index >= 15 is 0 Å². The molecule has 0 nitrogen and oxygen atoms in total. The number of hydrogen-bond donors (Lipinski definition) is 0. The van der Waals surface area contributed by atoms with E-state index in [2.05, 4.69) is 149 Å². The van der Waals surface area contributed by atoms with Gasteiger partial charge >= 0.3 is 420 Å². The fraction of sp³-hybridized carbons (Fsp3) is 0.651. The largest absolute Gasteiger partial charge is 1.00 e. The van der Waals surface area contributed by atoms with E-state index in [9.17, 15) is 0 Å². The summed E-state index contributed by atoms with van der Waals surface area (Å²) in [6.07, 6.45) is 47.7. The van der Waals surface area contributed by atoms with Crippen molar-refractivity contribution in [3.8, 4) is 0 Å². The summed E-state index contributed by atoms with van der Waals surface area (Å²) in [7, 11) is -2.93. The number of hydrogen-bond acceptors (Lipinski definition) is 0. The molecule has 0 heterocycles. The van der Waals surface area contributed by atoms with E-state index in [0.717, 1.165) is 0 Å². The molecule has 3 aromatic rings. The maximum absolute atomic E-state index is 2.93. The van der Waals surface area contributed by atoms with Gasteiger partial charge in [-0.2, -0.15) is 0 Å². The molecule has 2 unspecified atom stereocenters. The van der Waals surface area contributed by atoms with Crippen LogP contribution in [0.5, 0.6) is 0 Å². The number of aryl methyl sites for hydroxylation is 6. The van der Waals surface area contributed by atoms with E-state index in [1.165, 1.54) is 199 Å². The smallest absolute Gasteiger partial charge is 1.00 e. The van der Waals surface area contributed by atoms with Gasteiger partial charge in [0.1, 0.15) is 0 Å². The van der Waals surface area contributed by atoms with Crippen molar-refractivity contribution in [1.29, 1.82) is 0 Å². The fourth-order valence-electron chi connectivity index (χ4n) is 11.2. The van der Waals surface area contributed by atoms with Crippen LogP contribution >= 0.6 is 0 Å². The van der Waals surface area contributed by atoms with Gasteiger partial charge in [-0.05, 0) is 0 Å². The zero-order valence-electron chi connectivity index (χ0n) is 45.1. The van der Waals surface area contributed by atoms with Crippen LogP contribution in [-0.4, -0.2) is 8.07 Å². The molecule has 0 radical (unpaired) electrons. The van der Waals surface area contributed by atoms with Crippen molar-refractivity contribution >= 4 is 23.6 Å². The Kier molecular flexibility index (Phi) is 35.1. The molecule has 0 amide bonds. The maximum atomic E-state index is 2.82. The second-order valence-corrected chi connectivity index (χ2v) is 26.9. The Morgan fingerprint density at radius 1 is 0.382 bits per heavy atom. The molecule has 380 valence electrons. The van der Waals surface area contributed by atoms with Crippen LogP contribution in [0, 0.1) is 5.92 Å². The van der Waals surface area contributed by atoms with Crippen LogP contribution < -0.4 is 52.8 Å². The molecule has 68 heavy (non-hydrogen) atoms. The van der Waals surface area contributed by atoms with Gasteiger partial charge in [-0.1, -0.05) is 0 Å². The van der Waals surface area contributed by atoms with E-state index < -0.39 is 8.07 Å². The van der Waals surface area contributed by atoms with Gasteiger partial charge < -0.3 is 37.2 Å². The first kappa shape index (κ1) is 65.0. The first-order valence-corrected chi connectivity index (χ1v) is 31.1. The zero-order chi connectivity index (χ0) is 46.8. The summed E-state index contributed by atoms with van der Waals surface area (Å²) in [4.78, 5) is 0. The molecule has 5 heteroatoms. The number of unbranched alkanes of at least 4 members (excludes halogenated alkanes) is 18. The SMILES string of the molecule is CCCCCCc1cc(CCCCCC)cc([Si](c2cc(CCCCCC)cc(CCCCCC)c2)(c2cc(CCCCCC)cc(CCCCCC)c2)[C]2([Ti+3])C=CC=C2C(C)CC)c1.[Cl-].[Cl-].[Cl-]. The molecular formula is C63H99Cl3SiTi. The Hall–Kier alpha value is -1.06. The van der Waals surface area contributed by atoms with Crippen molar-refractivity contribution in [2.45, 2.75) is 258 Å². The van der Waals surface area contributed by atoms with Crippen LogP contribution in [0.1, 0.15) is 249 Å². The molecule has 1 aliphatic carbocycles. The fourth-order valence-corrected chi connectivity index (χ4v) is 19.7. The molecule has 0 N–H and O–H groups in total. The monoisotopic (exact) mass is 1040 g/mol. The molecule has 0 bridgehead atoms. The third-order valence-electron chi connectivity index (χ3n) is 15.2. The number of halogens is 3. The number of benzene rings is 3. The minimum atomic E-state index is -2.93. The van der Waals surface area contributed by atoms with E-state index in [-0.39, 0.29) is 40.6 Å². The average molecular weight is 1040 g/mol. The van der Waals surface area contributed by atoms with Crippen LogP contribution in [-0.2, 0) is 59.0 Å². The van der Waals surface area contributed by atoms with E-state index in [1.807, 2.05) is 0 Å². The molecule has 0 aromatic heterocycles. The molecule has 0 fully saturated rings. The van der Waals surface area contributed by atoms with E-state index in [4.69, 9.17) is 0 Å². The predicted molar refractivity (Wildman–Crippen MR) is 290 cm³/mol. The maximum Gasteiger partial charge on any atom is -1.00 e. The minimum Gasteiger partial charge on any atom is -1.00 e. The summed E-state index contributed by atoms with van der Waals surface area (Å²) < 4.78 is -0.108. The minimum absolute atomic E-state index is 0. The van der Waals surface area contributed by atoms with Gasteiger partial charge in [0.2, 0.25) is 0 Å². The van der Waals surface area contributed by atoms with Crippen molar-refractivity contribution < 1.29 is 57.7 Å². The molecule has 2 atom stereocenters. The van der Waals surface area contributed by atoms with E-state index in [1.54, 1.807) is 54.5 Å². The Morgan fingerprint density at radius 2 is 0.632 bits per heavy atom. The molecule has 0 saturated heterocycles. The molecular weight excluding hydrogens is 939 g/mol. The van der Waals surface area contributed by atoms with Crippen molar-refractivity contribution in [2.24, 2.45) is 5.92 Å². The Balaban J connectivity index is 0.00000771. The quantitative estimate of drug-likeness (QED) is 0.0311. The summed E-state index contributed by atoms with van der Waals surface area (Å²) in [5.41, 5.74) is 11.3. The summed E-state index contributed by atoms with van der Waals surface area (Å²) in [5, 5.41) is 5.08. The molecule has 1 aliphatic rings. The average Bonchev–Trinajstić information content (AvgIpc) is 3.71. The number of rotatable bonds is 36. The van der Waals surface area contributed by atoms with Gasteiger partial charge in [-0.15, -0.1) is 0 Å². The van der Waals surface area contributed by atoms with Crippen molar-refractivity contribution in [3.05, 3.63) is 112 Å². The normalized spacial score (nSPS) is 14.9. The summed E-state index contributed by atoms with van der Waals surface area (Å²) in [6, 6.07) is 25.0. The molecule has 4 rings (SSSR count).